The van der Waals surface area contributed by atoms with Crippen molar-refractivity contribution in [2.75, 3.05) is 26.2 Å². The highest BCUT2D eigenvalue weighted by Gasteiger charge is 2.79. The second-order valence-electron chi connectivity index (χ2n) is 12.5. The summed E-state index contributed by atoms with van der Waals surface area (Å²) in [6, 6.07) is 1.22. The highest BCUT2D eigenvalue weighted by molar-refractivity contribution is 6.18. The molecule has 2 saturated heterocycles. The molecule has 3 aliphatic heterocycles. The number of hydrogen-bond acceptors (Lipinski definition) is 7. The van der Waals surface area contributed by atoms with E-state index in [4.69, 9.17) is 9.47 Å². The summed E-state index contributed by atoms with van der Waals surface area (Å²) in [6.45, 7) is 11.0. The molecule has 7 nitrogen and oxygen atoms in total. The molecule has 0 aromatic heterocycles. The first-order valence-electron chi connectivity index (χ1n) is 14.3. The van der Waals surface area contributed by atoms with Crippen LogP contribution in [0.1, 0.15) is 69.3 Å². The molecule has 208 valence electrons. The van der Waals surface area contributed by atoms with Gasteiger partial charge in [0.1, 0.15) is 22.8 Å². The highest BCUT2D eigenvalue weighted by atomic mass is 16.6. The molecule has 3 fully saturated rings. The summed E-state index contributed by atoms with van der Waals surface area (Å²) >= 11 is 0. The first kappa shape index (κ1) is 26.3. The molecular formula is C32H39NO6. The van der Waals surface area contributed by atoms with Gasteiger partial charge in [0.2, 0.25) is 0 Å². The number of allylic oxidation sites excluding steroid dienone is 4. The van der Waals surface area contributed by atoms with E-state index >= 15 is 0 Å². The molecule has 5 atom stereocenters. The fourth-order valence-electron chi connectivity index (χ4n) is 7.67. The minimum Gasteiger partial charge on any atom is -0.507 e. The SMILES string of the molecule is CC(C)=CCc1c(O)cc(O)c2c1O[C@@]13C(=C[C@H]4C(=O)C1(CC=C(C)C)OC[C@@H]3[C@H]4CN1CCCCC1)C2=O. The second kappa shape index (κ2) is 9.34. The van der Waals surface area contributed by atoms with Crippen molar-refractivity contribution in [3.63, 3.8) is 0 Å². The molecule has 1 unspecified atom stereocenters. The number of Topliss-reactive ketones (excluding diaryl/α,β-unsaturated/α-hetero) is 2. The number of phenols is 2. The largest absolute Gasteiger partial charge is 0.507 e. The topological polar surface area (TPSA) is 96.3 Å². The molecule has 6 aliphatic rings. The molecule has 7 rings (SSSR count). The summed E-state index contributed by atoms with van der Waals surface area (Å²) in [7, 11) is 0. The standard InChI is InChI=1S/C32H39NO6/c1-18(2)8-9-20-25(34)15-26(35)27-28(36)23-14-21-22(16-33-12-6-5-7-13-33)24-17-38-31(30(21)37,11-10-19(3)4)32(23,24)39-29(20)27/h8,10,14-15,21-22,24,34-35H,5-7,9,11-13,16-17H2,1-4H3/t21-,22+,24-,31?,32-/m1/s1. The average molecular weight is 534 g/mol. The number of benzene rings is 1. The summed E-state index contributed by atoms with van der Waals surface area (Å²) in [5.41, 5.74) is 0.393. The van der Waals surface area contributed by atoms with E-state index in [0.29, 0.717) is 30.6 Å². The van der Waals surface area contributed by atoms with Crippen LogP contribution in [-0.2, 0) is 16.0 Å². The van der Waals surface area contributed by atoms with Gasteiger partial charge in [-0.2, -0.15) is 0 Å². The lowest BCUT2D eigenvalue weighted by molar-refractivity contribution is -0.171. The molecule has 39 heavy (non-hydrogen) atoms. The monoisotopic (exact) mass is 533 g/mol. The van der Waals surface area contributed by atoms with Crippen LogP contribution in [0.25, 0.3) is 0 Å². The number of phenolic OH excluding ortho intramolecular Hbond substituents is 2. The van der Waals surface area contributed by atoms with Gasteiger partial charge in [-0.3, -0.25) is 9.59 Å². The number of ketones is 2. The quantitative estimate of drug-likeness (QED) is 0.502. The maximum Gasteiger partial charge on any atom is 0.200 e. The summed E-state index contributed by atoms with van der Waals surface area (Å²) < 4.78 is 13.5. The van der Waals surface area contributed by atoms with E-state index in [1.54, 1.807) is 0 Å². The number of rotatable bonds is 6. The third-order valence-electron chi connectivity index (χ3n) is 9.56. The lowest BCUT2D eigenvalue weighted by atomic mass is 9.49. The summed E-state index contributed by atoms with van der Waals surface area (Å²) in [5, 5.41) is 21.8. The molecule has 2 N–H and O–H groups in total. The zero-order chi connectivity index (χ0) is 27.7. The van der Waals surface area contributed by atoms with Gasteiger partial charge in [-0.15, -0.1) is 0 Å². The van der Waals surface area contributed by atoms with E-state index in [-0.39, 0.29) is 46.2 Å². The third kappa shape index (κ3) is 3.69. The van der Waals surface area contributed by atoms with Crippen molar-refractivity contribution >= 4 is 11.6 Å². The Morgan fingerprint density at radius 2 is 1.77 bits per heavy atom. The van der Waals surface area contributed by atoms with Gasteiger partial charge < -0.3 is 24.6 Å². The number of likely N-dealkylation sites (tertiary alicyclic amines) is 1. The van der Waals surface area contributed by atoms with Crippen LogP contribution in [0, 0.1) is 17.8 Å². The average Bonchev–Trinajstić information content (AvgIpc) is 3.17. The van der Waals surface area contributed by atoms with Crippen molar-refractivity contribution in [2.24, 2.45) is 17.8 Å². The minimum atomic E-state index is -1.33. The third-order valence-corrected chi connectivity index (χ3v) is 9.56. The first-order chi connectivity index (χ1) is 18.6. The number of fused-ring (bicyclic) bond motifs is 1. The van der Waals surface area contributed by atoms with Gasteiger partial charge in [0, 0.05) is 42.0 Å². The van der Waals surface area contributed by atoms with Crippen molar-refractivity contribution in [3.05, 3.63) is 52.1 Å². The van der Waals surface area contributed by atoms with Gasteiger partial charge in [-0.1, -0.05) is 35.8 Å². The molecule has 1 saturated carbocycles. The highest BCUT2D eigenvalue weighted by Crippen LogP contribution is 2.65. The maximum absolute atomic E-state index is 14.4. The van der Waals surface area contributed by atoms with Crippen molar-refractivity contribution in [1.82, 2.24) is 4.90 Å². The maximum atomic E-state index is 14.4. The normalized spacial score (nSPS) is 32.7. The van der Waals surface area contributed by atoms with Crippen molar-refractivity contribution in [2.45, 2.75) is 71.0 Å². The molecule has 0 radical (unpaired) electrons. The van der Waals surface area contributed by atoms with Gasteiger partial charge >= 0.3 is 0 Å². The Morgan fingerprint density at radius 1 is 1.05 bits per heavy atom. The zero-order valence-electron chi connectivity index (χ0n) is 23.4. The Labute approximate surface area is 230 Å². The summed E-state index contributed by atoms with van der Waals surface area (Å²) in [5.74, 6) is -1.31. The van der Waals surface area contributed by atoms with Gasteiger partial charge in [0.25, 0.3) is 0 Å². The first-order valence-corrected chi connectivity index (χ1v) is 14.3. The van der Waals surface area contributed by atoms with E-state index < -0.39 is 17.1 Å². The lowest BCUT2D eigenvalue weighted by Gasteiger charge is -2.59. The number of aromatic hydroxyl groups is 2. The zero-order valence-corrected chi connectivity index (χ0v) is 23.4. The fraction of sp³-hybridized carbons (Fsp3) is 0.562. The van der Waals surface area contributed by atoms with E-state index in [1.165, 1.54) is 12.5 Å². The number of piperidine rings is 1. The van der Waals surface area contributed by atoms with Gasteiger partial charge in [-0.25, -0.2) is 0 Å². The van der Waals surface area contributed by atoms with Crippen LogP contribution in [0.15, 0.2) is 41.0 Å². The van der Waals surface area contributed by atoms with Crippen LogP contribution < -0.4 is 4.74 Å². The Morgan fingerprint density at radius 3 is 2.46 bits per heavy atom. The molecule has 7 heteroatoms. The predicted octanol–water partition coefficient (Wildman–Crippen LogP) is 4.90. The molecule has 1 spiro atoms. The Balaban J connectivity index is 1.55. The molecule has 1 aromatic rings. The number of carbonyl (C=O) groups is 2. The van der Waals surface area contributed by atoms with Gasteiger partial charge in [-0.05, 0) is 66.0 Å². The van der Waals surface area contributed by atoms with Crippen molar-refractivity contribution in [1.29, 1.82) is 0 Å². The summed E-state index contributed by atoms with van der Waals surface area (Å²) in [6.07, 6.45) is 9.96. The number of carbonyl (C=O) groups excluding carboxylic acids is 2. The van der Waals surface area contributed by atoms with Crippen LogP contribution in [0.3, 0.4) is 0 Å². The molecule has 1 aromatic carbocycles. The molecule has 0 amide bonds. The number of ether oxygens (including phenoxy) is 2. The van der Waals surface area contributed by atoms with E-state index in [0.717, 1.165) is 43.6 Å². The molecule has 4 bridgehead atoms. The van der Waals surface area contributed by atoms with Gasteiger partial charge in [0.05, 0.1) is 6.61 Å². The van der Waals surface area contributed by atoms with E-state index in [9.17, 15) is 19.8 Å². The molecule has 3 aliphatic carbocycles. The summed E-state index contributed by atoms with van der Waals surface area (Å²) in [4.78, 5) is 31.1. The van der Waals surface area contributed by atoms with E-state index in [2.05, 4.69) is 4.90 Å². The van der Waals surface area contributed by atoms with Crippen LogP contribution >= 0.6 is 0 Å². The van der Waals surface area contributed by atoms with E-state index in [1.807, 2.05) is 45.9 Å². The number of nitrogens with zero attached hydrogens (tertiary/aromatic N) is 1. The second-order valence-corrected chi connectivity index (χ2v) is 12.5. The molecule has 3 heterocycles. The predicted molar refractivity (Wildman–Crippen MR) is 147 cm³/mol. The fourth-order valence-corrected chi connectivity index (χ4v) is 7.67. The minimum absolute atomic E-state index is 0.0222. The van der Waals surface area contributed by atoms with Crippen molar-refractivity contribution in [3.8, 4) is 17.2 Å². The van der Waals surface area contributed by atoms with Gasteiger partial charge in [0.15, 0.2) is 22.8 Å². The van der Waals surface area contributed by atoms with Crippen LogP contribution in [-0.4, -0.2) is 64.1 Å². The lowest BCUT2D eigenvalue weighted by Crippen LogP contribution is -2.74. The Kier molecular flexibility index (Phi) is 6.31. The van der Waals surface area contributed by atoms with Crippen LogP contribution in [0.2, 0.25) is 0 Å². The van der Waals surface area contributed by atoms with Crippen LogP contribution in [0.4, 0.5) is 0 Å². The van der Waals surface area contributed by atoms with Crippen LogP contribution in [0.5, 0.6) is 17.2 Å². The smallest absolute Gasteiger partial charge is 0.200 e. The Bertz CT molecular complexity index is 1330. The number of hydrogen-bond donors (Lipinski definition) is 2. The molecular weight excluding hydrogens is 494 g/mol. The van der Waals surface area contributed by atoms with Crippen molar-refractivity contribution < 1.29 is 29.3 Å². The Hall–Kier alpha value is -2.90.